The summed E-state index contributed by atoms with van der Waals surface area (Å²) >= 11 is 5.92. The molecule has 0 fully saturated rings. The van der Waals surface area contributed by atoms with Crippen LogP contribution in [0.15, 0.2) is 24.3 Å². The third kappa shape index (κ3) is 3.21. The summed E-state index contributed by atoms with van der Waals surface area (Å²) in [5, 5.41) is 6.24. The van der Waals surface area contributed by atoms with Gasteiger partial charge in [-0.2, -0.15) is 0 Å². The van der Waals surface area contributed by atoms with Crippen molar-refractivity contribution < 1.29 is 13.5 Å². The van der Waals surface area contributed by atoms with E-state index in [9.17, 15) is 8.78 Å². The Morgan fingerprint density at radius 1 is 1.37 bits per heavy atom. The molecule has 0 bridgehead atoms. The van der Waals surface area contributed by atoms with Crippen molar-refractivity contribution in [3.63, 3.8) is 0 Å². The van der Waals surface area contributed by atoms with Crippen molar-refractivity contribution in [3.05, 3.63) is 34.8 Å². The standard InChI is InChI=1S/C11H9F2N3OS2/c1-17-7-4-2-6(3-5-7)14-11(18)9-8(10(12)13)15-16-19-9/h2-5,10H,1H3,(H,14,18). The average molecular weight is 301 g/mol. The summed E-state index contributed by atoms with van der Waals surface area (Å²) in [7, 11) is 1.56. The molecule has 0 aliphatic heterocycles. The van der Waals surface area contributed by atoms with Crippen molar-refractivity contribution in [2.75, 3.05) is 12.4 Å². The second kappa shape index (κ2) is 5.98. The van der Waals surface area contributed by atoms with Gasteiger partial charge in [0.2, 0.25) is 0 Å². The molecule has 0 aliphatic carbocycles. The molecule has 4 nitrogen and oxygen atoms in total. The number of ether oxygens (including phenoxy) is 1. The van der Waals surface area contributed by atoms with Gasteiger partial charge < -0.3 is 10.1 Å². The molecule has 0 radical (unpaired) electrons. The molecule has 1 heterocycles. The number of rotatable bonds is 4. The Hall–Kier alpha value is -1.67. The number of aromatic nitrogens is 2. The molecule has 19 heavy (non-hydrogen) atoms. The summed E-state index contributed by atoms with van der Waals surface area (Å²) in [6.07, 6.45) is -2.69. The maximum absolute atomic E-state index is 12.7. The SMILES string of the molecule is COc1ccc(NC(=S)c2snnc2C(F)F)cc1. The van der Waals surface area contributed by atoms with Crippen LogP contribution in [0.3, 0.4) is 0 Å². The highest BCUT2D eigenvalue weighted by Gasteiger charge is 2.20. The Morgan fingerprint density at radius 2 is 2.05 bits per heavy atom. The number of anilines is 1. The molecule has 0 aliphatic rings. The molecule has 1 N–H and O–H groups in total. The lowest BCUT2D eigenvalue weighted by Crippen LogP contribution is -2.11. The molecule has 0 amide bonds. The fraction of sp³-hybridized carbons (Fsp3) is 0.182. The van der Waals surface area contributed by atoms with E-state index in [2.05, 4.69) is 14.9 Å². The molecule has 0 atom stereocenters. The van der Waals surface area contributed by atoms with Crippen molar-refractivity contribution in [2.24, 2.45) is 0 Å². The first-order valence-corrected chi connectivity index (χ1v) is 6.35. The quantitative estimate of drug-likeness (QED) is 0.878. The van der Waals surface area contributed by atoms with Gasteiger partial charge in [-0.1, -0.05) is 16.7 Å². The highest BCUT2D eigenvalue weighted by atomic mass is 32.1. The van der Waals surface area contributed by atoms with Gasteiger partial charge in [-0.25, -0.2) is 8.78 Å². The summed E-state index contributed by atoms with van der Waals surface area (Å²) in [4.78, 5) is 0.358. The van der Waals surface area contributed by atoms with Gasteiger partial charge in [0.05, 0.1) is 7.11 Å². The van der Waals surface area contributed by atoms with Crippen molar-refractivity contribution in [1.29, 1.82) is 0 Å². The number of alkyl halides is 2. The first-order valence-electron chi connectivity index (χ1n) is 5.17. The van der Waals surface area contributed by atoms with E-state index in [-0.39, 0.29) is 9.87 Å². The summed E-state index contributed by atoms with van der Waals surface area (Å²) in [6, 6.07) is 6.96. The van der Waals surface area contributed by atoms with Crippen molar-refractivity contribution in [1.82, 2.24) is 9.59 Å². The monoisotopic (exact) mass is 301 g/mol. The molecule has 2 rings (SSSR count). The number of halogens is 2. The van der Waals surface area contributed by atoms with Crippen LogP contribution in [0, 0.1) is 0 Å². The maximum Gasteiger partial charge on any atom is 0.283 e. The van der Waals surface area contributed by atoms with Crippen LogP contribution >= 0.6 is 23.8 Å². The Morgan fingerprint density at radius 3 is 2.63 bits per heavy atom. The molecule has 0 saturated heterocycles. The number of nitrogens with zero attached hydrogens (tertiary/aromatic N) is 2. The molecule has 1 aromatic heterocycles. The molecule has 0 saturated carbocycles. The number of methoxy groups -OCH3 is 1. The Kier molecular flexibility index (Phi) is 4.33. The van der Waals surface area contributed by atoms with Gasteiger partial charge in [-0.15, -0.1) is 5.10 Å². The van der Waals surface area contributed by atoms with Crippen LogP contribution in [0.4, 0.5) is 14.5 Å². The second-order valence-corrected chi connectivity index (χ2v) is 4.63. The van der Waals surface area contributed by atoms with Crippen LogP contribution in [-0.4, -0.2) is 21.7 Å². The number of nitrogens with one attached hydrogen (secondary N) is 1. The summed E-state index contributed by atoms with van der Waals surface area (Å²) in [5.41, 5.74) is 0.287. The zero-order valence-corrected chi connectivity index (χ0v) is 11.4. The van der Waals surface area contributed by atoms with Crippen molar-refractivity contribution >= 4 is 34.4 Å². The van der Waals surface area contributed by atoms with Crippen molar-refractivity contribution in [2.45, 2.75) is 6.43 Å². The molecule has 8 heteroatoms. The molecule has 0 spiro atoms. The number of benzene rings is 1. The Labute approximate surface area is 117 Å². The first-order chi connectivity index (χ1) is 9.11. The molecule has 100 valence electrons. The fourth-order valence-electron chi connectivity index (χ4n) is 1.36. The maximum atomic E-state index is 12.7. The summed E-state index contributed by atoms with van der Waals surface area (Å²) in [6.45, 7) is 0. The van der Waals surface area contributed by atoms with E-state index in [1.54, 1.807) is 31.4 Å². The molecular formula is C11H9F2N3OS2. The fourth-order valence-corrected chi connectivity index (χ4v) is 2.26. The van der Waals surface area contributed by atoms with Crippen molar-refractivity contribution in [3.8, 4) is 5.75 Å². The Balaban J connectivity index is 2.13. The van der Waals surface area contributed by atoms with Gasteiger partial charge in [-0.3, -0.25) is 0 Å². The van der Waals surface area contributed by atoms with Crippen LogP contribution < -0.4 is 10.1 Å². The molecule has 0 unspecified atom stereocenters. The third-order valence-electron chi connectivity index (χ3n) is 2.27. The predicted molar refractivity (Wildman–Crippen MR) is 73.2 cm³/mol. The predicted octanol–water partition coefficient (Wildman–Crippen LogP) is 3.27. The Bertz CT molecular complexity index is 572. The van der Waals surface area contributed by atoms with Gasteiger partial charge in [0.15, 0.2) is 5.69 Å². The van der Waals surface area contributed by atoms with E-state index < -0.39 is 12.1 Å². The molecule has 1 aromatic carbocycles. The van der Waals surface area contributed by atoms with E-state index >= 15 is 0 Å². The van der Waals surface area contributed by atoms with Crippen LogP contribution in [0.2, 0.25) is 0 Å². The van der Waals surface area contributed by atoms with Gasteiger partial charge in [-0.05, 0) is 35.8 Å². The van der Waals surface area contributed by atoms with E-state index in [0.29, 0.717) is 11.4 Å². The minimum Gasteiger partial charge on any atom is -0.497 e. The van der Waals surface area contributed by atoms with Crippen LogP contribution in [0.1, 0.15) is 17.0 Å². The van der Waals surface area contributed by atoms with Gasteiger partial charge in [0.1, 0.15) is 15.6 Å². The van der Waals surface area contributed by atoms with Gasteiger partial charge in [0, 0.05) is 5.69 Å². The van der Waals surface area contributed by atoms with Crippen LogP contribution in [0.25, 0.3) is 0 Å². The highest BCUT2D eigenvalue weighted by molar-refractivity contribution is 7.81. The van der Waals surface area contributed by atoms with Crippen LogP contribution in [0.5, 0.6) is 5.75 Å². The first kappa shape index (κ1) is 13.8. The van der Waals surface area contributed by atoms with Gasteiger partial charge >= 0.3 is 0 Å². The normalized spacial score (nSPS) is 10.5. The minimum atomic E-state index is -2.69. The third-order valence-corrected chi connectivity index (χ3v) is 3.47. The largest absolute Gasteiger partial charge is 0.497 e. The van der Waals surface area contributed by atoms with E-state index in [1.165, 1.54) is 0 Å². The van der Waals surface area contributed by atoms with E-state index in [4.69, 9.17) is 17.0 Å². The molecule has 2 aromatic rings. The zero-order valence-electron chi connectivity index (χ0n) is 9.76. The average Bonchev–Trinajstić information content (AvgIpc) is 2.89. The number of thiocarbonyl (C=S) groups is 1. The summed E-state index contributed by atoms with van der Waals surface area (Å²) in [5.74, 6) is 0.698. The lowest BCUT2D eigenvalue weighted by atomic mass is 10.3. The number of hydrogen-bond donors (Lipinski definition) is 1. The molecular weight excluding hydrogens is 292 g/mol. The topological polar surface area (TPSA) is 47.0 Å². The van der Waals surface area contributed by atoms with Gasteiger partial charge in [0.25, 0.3) is 6.43 Å². The lowest BCUT2D eigenvalue weighted by molar-refractivity contribution is 0.146. The summed E-state index contributed by atoms with van der Waals surface area (Å²) < 4.78 is 33.8. The number of hydrogen-bond acceptors (Lipinski definition) is 5. The van der Waals surface area contributed by atoms with E-state index in [0.717, 1.165) is 11.5 Å². The van der Waals surface area contributed by atoms with Crippen LogP contribution in [-0.2, 0) is 0 Å². The lowest BCUT2D eigenvalue weighted by Gasteiger charge is -2.07. The smallest absolute Gasteiger partial charge is 0.283 e. The van der Waals surface area contributed by atoms with E-state index in [1.807, 2.05) is 0 Å². The highest BCUT2D eigenvalue weighted by Crippen LogP contribution is 2.24. The second-order valence-electron chi connectivity index (χ2n) is 3.47. The minimum absolute atomic E-state index is 0.176. The zero-order chi connectivity index (χ0) is 13.8.